The summed E-state index contributed by atoms with van der Waals surface area (Å²) in [4.78, 5) is 11.4. The number of hydrogen-bond acceptors (Lipinski definition) is 5. The van der Waals surface area contributed by atoms with Crippen molar-refractivity contribution in [3.8, 4) is 16.9 Å². The van der Waals surface area contributed by atoms with Crippen LogP contribution in [-0.4, -0.2) is 28.6 Å². The largest absolute Gasteiger partial charge is 0.495 e. The number of aryl methyl sites for hydroxylation is 1. The number of methoxy groups -OCH3 is 2. The van der Waals surface area contributed by atoms with Crippen molar-refractivity contribution in [3.63, 3.8) is 0 Å². The van der Waals surface area contributed by atoms with Gasteiger partial charge in [-0.1, -0.05) is 35.9 Å². The van der Waals surface area contributed by atoms with Crippen LogP contribution < -0.4 is 9.46 Å². The number of carbonyl (C=O) groups is 1. The second-order valence-electron chi connectivity index (χ2n) is 7.09. The maximum absolute atomic E-state index is 13.4. The lowest BCUT2D eigenvalue weighted by Gasteiger charge is -2.17. The Labute approximate surface area is 189 Å². The molecule has 174 valence electrons. The molecule has 0 spiro atoms. The molecule has 0 saturated heterocycles. The molecule has 0 amide bonds. The predicted molar refractivity (Wildman–Crippen MR) is 117 cm³/mol. The number of anilines is 1. The van der Waals surface area contributed by atoms with E-state index >= 15 is 0 Å². The molecule has 0 bridgehead atoms. The van der Waals surface area contributed by atoms with Crippen LogP contribution >= 0.6 is 0 Å². The normalized spacial score (nSPS) is 11.7. The summed E-state index contributed by atoms with van der Waals surface area (Å²) < 4.78 is 78.5. The van der Waals surface area contributed by atoms with Gasteiger partial charge in [0, 0.05) is 5.56 Å². The Hall–Kier alpha value is -3.53. The number of sulfonamides is 1. The number of esters is 1. The monoisotopic (exact) mass is 479 g/mol. The highest BCUT2D eigenvalue weighted by Gasteiger charge is 2.32. The van der Waals surface area contributed by atoms with Crippen LogP contribution in [0, 0.1) is 6.92 Å². The smallest absolute Gasteiger partial charge is 0.416 e. The Morgan fingerprint density at radius 3 is 2.30 bits per heavy atom. The fourth-order valence-electron chi connectivity index (χ4n) is 3.20. The van der Waals surface area contributed by atoms with E-state index in [-0.39, 0.29) is 22.6 Å². The summed E-state index contributed by atoms with van der Waals surface area (Å²) in [6.07, 6.45) is -4.69. The molecule has 3 aromatic carbocycles. The summed E-state index contributed by atoms with van der Waals surface area (Å²) in [6, 6.07) is 13.3. The molecule has 33 heavy (non-hydrogen) atoms. The SMILES string of the molecule is COC(=O)c1ccc(OC)c(S(=O)(=O)Nc2cc(C(F)(F)F)ccc2-c2cccc(C)c2)c1. The highest BCUT2D eigenvalue weighted by atomic mass is 32.2. The minimum atomic E-state index is -4.69. The summed E-state index contributed by atoms with van der Waals surface area (Å²) in [5.41, 5.74) is 0.248. The molecule has 0 unspecified atom stereocenters. The second-order valence-corrected chi connectivity index (χ2v) is 8.74. The van der Waals surface area contributed by atoms with Crippen molar-refractivity contribution < 1.29 is 35.9 Å². The van der Waals surface area contributed by atoms with Gasteiger partial charge in [0.25, 0.3) is 10.0 Å². The van der Waals surface area contributed by atoms with Gasteiger partial charge in [-0.2, -0.15) is 13.2 Å². The third-order valence-electron chi connectivity index (χ3n) is 4.79. The van der Waals surface area contributed by atoms with Gasteiger partial charge in [0.15, 0.2) is 0 Å². The molecule has 0 atom stereocenters. The first-order valence-corrected chi connectivity index (χ1v) is 11.0. The van der Waals surface area contributed by atoms with E-state index in [0.717, 1.165) is 30.9 Å². The van der Waals surface area contributed by atoms with Crippen LogP contribution in [0.1, 0.15) is 21.5 Å². The van der Waals surface area contributed by atoms with Gasteiger partial charge in [-0.05, 0) is 42.8 Å². The number of hydrogen-bond donors (Lipinski definition) is 1. The van der Waals surface area contributed by atoms with Gasteiger partial charge in [0.2, 0.25) is 0 Å². The summed E-state index contributed by atoms with van der Waals surface area (Å²) in [6.45, 7) is 1.81. The molecule has 0 fully saturated rings. The van der Waals surface area contributed by atoms with Crippen molar-refractivity contribution in [3.05, 3.63) is 77.4 Å². The quantitative estimate of drug-likeness (QED) is 0.487. The number of ether oxygens (including phenoxy) is 2. The van der Waals surface area contributed by atoms with E-state index in [0.29, 0.717) is 5.56 Å². The molecule has 3 aromatic rings. The zero-order chi connectivity index (χ0) is 24.4. The highest BCUT2D eigenvalue weighted by molar-refractivity contribution is 7.92. The third-order valence-corrected chi connectivity index (χ3v) is 6.18. The van der Waals surface area contributed by atoms with Crippen LogP contribution in [0.25, 0.3) is 11.1 Å². The predicted octanol–water partition coefficient (Wildman–Crippen LogP) is 5.28. The van der Waals surface area contributed by atoms with Gasteiger partial charge < -0.3 is 9.47 Å². The average molecular weight is 479 g/mol. The molecule has 0 radical (unpaired) electrons. The molecule has 3 rings (SSSR count). The van der Waals surface area contributed by atoms with E-state index in [9.17, 15) is 26.4 Å². The second kappa shape index (κ2) is 9.14. The van der Waals surface area contributed by atoms with E-state index in [1.807, 2.05) is 0 Å². The average Bonchev–Trinajstić information content (AvgIpc) is 2.77. The van der Waals surface area contributed by atoms with Crippen LogP contribution in [0.15, 0.2) is 65.6 Å². The summed E-state index contributed by atoms with van der Waals surface area (Å²) in [7, 11) is -2.11. The van der Waals surface area contributed by atoms with Crippen LogP contribution in [0.3, 0.4) is 0 Å². The van der Waals surface area contributed by atoms with E-state index < -0.39 is 32.6 Å². The minimum absolute atomic E-state index is 0.0679. The zero-order valence-corrected chi connectivity index (χ0v) is 18.7. The number of alkyl halides is 3. The van der Waals surface area contributed by atoms with Crippen molar-refractivity contribution in [2.45, 2.75) is 18.0 Å². The van der Waals surface area contributed by atoms with Crippen LogP contribution in [0.5, 0.6) is 5.75 Å². The molecule has 0 heterocycles. The Morgan fingerprint density at radius 1 is 0.970 bits per heavy atom. The molecule has 0 aromatic heterocycles. The van der Waals surface area contributed by atoms with E-state index in [4.69, 9.17) is 4.74 Å². The fourth-order valence-corrected chi connectivity index (χ4v) is 4.47. The van der Waals surface area contributed by atoms with Crippen molar-refractivity contribution >= 4 is 21.7 Å². The summed E-state index contributed by atoms with van der Waals surface area (Å²) in [5.74, 6) is -0.882. The molecule has 0 aliphatic heterocycles. The van der Waals surface area contributed by atoms with Gasteiger partial charge >= 0.3 is 12.1 Å². The van der Waals surface area contributed by atoms with Crippen LogP contribution in [0.2, 0.25) is 0 Å². The lowest BCUT2D eigenvalue weighted by molar-refractivity contribution is -0.137. The number of rotatable bonds is 6. The van der Waals surface area contributed by atoms with Gasteiger partial charge in [0.1, 0.15) is 10.6 Å². The lowest BCUT2D eigenvalue weighted by atomic mass is 10.00. The molecule has 6 nitrogen and oxygen atoms in total. The van der Waals surface area contributed by atoms with Crippen molar-refractivity contribution in [2.24, 2.45) is 0 Å². The van der Waals surface area contributed by atoms with Crippen LogP contribution in [0.4, 0.5) is 18.9 Å². The van der Waals surface area contributed by atoms with Crippen molar-refractivity contribution in [1.29, 1.82) is 0 Å². The van der Waals surface area contributed by atoms with E-state index in [1.54, 1.807) is 31.2 Å². The minimum Gasteiger partial charge on any atom is -0.495 e. The Bertz CT molecular complexity index is 1300. The van der Waals surface area contributed by atoms with Crippen LogP contribution in [-0.2, 0) is 20.9 Å². The Balaban J connectivity index is 2.17. The Morgan fingerprint density at radius 2 is 1.70 bits per heavy atom. The number of nitrogens with one attached hydrogen (secondary N) is 1. The first kappa shape index (κ1) is 24.1. The van der Waals surface area contributed by atoms with Gasteiger partial charge in [-0.3, -0.25) is 4.72 Å². The topological polar surface area (TPSA) is 81.7 Å². The van der Waals surface area contributed by atoms with Gasteiger partial charge in [-0.25, -0.2) is 13.2 Å². The number of benzene rings is 3. The van der Waals surface area contributed by atoms with E-state index in [1.165, 1.54) is 25.3 Å². The molecule has 0 aliphatic carbocycles. The maximum Gasteiger partial charge on any atom is 0.416 e. The summed E-state index contributed by atoms with van der Waals surface area (Å²) >= 11 is 0. The molecule has 0 saturated carbocycles. The first-order chi connectivity index (χ1) is 15.5. The van der Waals surface area contributed by atoms with Gasteiger partial charge in [-0.15, -0.1) is 0 Å². The first-order valence-electron chi connectivity index (χ1n) is 9.53. The highest BCUT2D eigenvalue weighted by Crippen LogP contribution is 2.38. The number of carbonyl (C=O) groups excluding carboxylic acids is 1. The Kier molecular flexibility index (Phi) is 6.68. The molecule has 0 aliphatic rings. The molecule has 10 heteroatoms. The number of halogens is 3. The maximum atomic E-state index is 13.4. The van der Waals surface area contributed by atoms with Crippen molar-refractivity contribution in [1.82, 2.24) is 0 Å². The molecular formula is C23H20F3NO5S. The summed E-state index contributed by atoms with van der Waals surface area (Å²) in [5, 5.41) is 0. The standard InChI is InChI=1S/C23H20F3NO5S/c1-14-5-4-6-15(11-14)18-9-8-17(23(24,25)26)13-19(18)27-33(29,30)21-12-16(22(28)32-3)7-10-20(21)31-2/h4-13,27H,1-3H3. The van der Waals surface area contributed by atoms with Gasteiger partial charge in [0.05, 0.1) is 31.0 Å². The zero-order valence-electron chi connectivity index (χ0n) is 17.9. The molecule has 1 N–H and O–H groups in total. The van der Waals surface area contributed by atoms with E-state index in [2.05, 4.69) is 9.46 Å². The molecular weight excluding hydrogens is 459 g/mol. The van der Waals surface area contributed by atoms with Crippen molar-refractivity contribution in [2.75, 3.05) is 18.9 Å². The fraction of sp³-hybridized carbons (Fsp3) is 0.174. The third kappa shape index (κ3) is 5.28. The lowest BCUT2D eigenvalue weighted by Crippen LogP contribution is -2.17.